The molecule has 3 N–H and O–H groups in total. The van der Waals surface area contributed by atoms with Crippen LogP contribution in [-0.2, 0) is 16.6 Å². The minimum atomic E-state index is -0.774. The summed E-state index contributed by atoms with van der Waals surface area (Å²) < 4.78 is 5.61. The van der Waals surface area contributed by atoms with Crippen molar-refractivity contribution in [1.29, 1.82) is 0 Å². The fourth-order valence-electron chi connectivity index (χ4n) is 5.01. The van der Waals surface area contributed by atoms with E-state index in [1.165, 1.54) is 18.4 Å². The van der Waals surface area contributed by atoms with Crippen molar-refractivity contribution in [2.24, 2.45) is 5.92 Å². The van der Waals surface area contributed by atoms with Gasteiger partial charge >= 0.3 is 0 Å². The van der Waals surface area contributed by atoms with Crippen LogP contribution in [0.5, 0.6) is 0 Å². The van der Waals surface area contributed by atoms with Crippen LogP contribution in [0.3, 0.4) is 0 Å². The van der Waals surface area contributed by atoms with Gasteiger partial charge in [-0.15, -0.1) is 0 Å². The van der Waals surface area contributed by atoms with Crippen LogP contribution in [0, 0.1) is 5.92 Å². The average Bonchev–Trinajstić information content (AvgIpc) is 3.21. The number of fused-ring (bicyclic) bond motifs is 1. The highest BCUT2D eigenvalue weighted by molar-refractivity contribution is 5.76. The van der Waals surface area contributed by atoms with Crippen molar-refractivity contribution < 1.29 is 14.9 Å². The lowest BCUT2D eigenvalue weighted by atomic mass is 9.76. The number of aliphatic hydroxyl groups is 2. The molecule has 2 aliphatic rings. The normalized spacial score (nSPS) is 29.3. The Balaban J connectivity index is 1.29. The molecule has 0 bridgehead atoms. The Hall–Kier alpha value is -1.47. The molecule has 1 saturated carbocycles. The van der Waals surface area contributed by atoms with Crippen LogP contribution in [0.4, 0.5) is 0 Å². The first-order chi connectivity index (χ1) is 14.6. The molecule has 2 fully saturated rings. The number of benzene rings is 1. The number of hydrogen-bond acceptors (Lipinski definition) is 5. The molecular weight excluding hydrogens is 390 g/mol. The zero-order valence-corrected chi connectivity index (χ0v) is 19.6. The molecule has 6 heteroatoms. The topological polar surface area (TPSA) is 81.6 Å². The van der Waals surface area contributed by atoms with E-state index in [9.17, 15) is 10.2 Å². The molecule has 0 amide bonds. The molecular formula is C25H39N3O3. The van der Waals surface area contributed by atoms with Gasteiger partial charge in [0.2, 0.25) is 0 Å². The van der Waals surface area contributed by atoms with Crippen LogP contribution in [0.25, 0.3) is 11.0 Å². The summed E-state index contributed by atoms with van der Waals surface area (Å²) in [7, 11) is 0. The van der Waals surface area contributed by atoms with Gasteiger partial charge in [-0.25, -0.2) is 4.98 Å². The second-order valence-corrected chi connectivity index (χ2v) is 10.9. The van der Waals surface area contributed by atoms with E-state index in [0.717, 1.165) is 29.7 Å². The summed E-state index contributed by atoms with van der Waals surface area (Å²) in [6.45, 7) is 12.0. The maximum absolute atomic E-state index is 10.1. The minimum Gasteiger partial charge on any atom is -0.388 e. The summed E-state index contributed by atoms with van der Waals surface area (Å²) in [6, 6.07) is 7.48. The summed E-state index contributed by atoms with van der Waals surface area (Å²) in [4.78, 5) is 10.8. The molecule has 3 unspecified atom stereocenters. The Morgan fingerprint density at radius 1 is 1.23 bits per heavy atom. The van der Waals surface area contributed by atoms with Crippen LogP contribution in [-0.4, -0.2) is 68.6 Å². The summed E-state index contributed by atoms with van der Waals surface area (Å²) >= 11 is 0. The number of ether oxygens (including phenoxy) is 1. The van der Waals surface area contributed by atoms with Gasteiger partial charge in [0.25, 0.3) is 0 Å². The van der Waals surface area contributed by atoms with Crippen molar-refractivity contribution in [3.05, 3.63) is 29.6 Å². The molecule has 1 aromatic heterocycles. The van der Waals surface area contributed by atoms with Crippen LogP contribution in [0.1, 0.15) is 65.3 Å². The molecule has 4 rings (SSSR count). The van der Waals surface area contributed by atoms with E-state index in [2.05, 4.69) is 62.7 Å². The number of nitrogens with one attached hydrogen (secondary N) is 1. The summed E-state index contributed by atoms with van der Waals surface area (Å²) in [5.74, 6) is 1.80. The van der Waals surface area contributed by atoms with Crippen molar-refractivity contribution in [3.8, 4) is 0 Å². The van der Waals surface area contributed by atoms with Gasteiger partial charge in [0.05, 0.1) is 23.7 Å². The molecule has 31 heavy (non-hydrogen) atoms. The molecule has 3 atom stereocenters. The second-order valence-electron chi connectivity index (χ2n) is 10.9. The summed E-state index contributed by atoms with van der Waals surface area (Å²) in [5, 5.41) is 19.9. The number of nitrogens with zero attached hydrogens (tertiary/aromatic N) is 2. The molecule has 1 saturated heterocycles. The third-order valence-corrected chi connectivity index (χ3v) is 7.18. The van der Waals surface area contributed by atoms with Crippen LogP contribution in [0.2, 0.25) is 0 Å². The van der Waals surface area contributed by atoms with Gasteiger partial charge in [-0.2, -0.15) is 0 Å². The zero-order chi connectivity index (χ0) is 22.3. The fraction of sp³-hybridized carbons (Fsp3) is 0.720. The van der Waals surface area contributed by atoms with Crippen LogP contribution < -0.4 is 0 Å². The minimum absolute atomic E-state index is 0.139. The summed E-state index contributed by atoms with van der Waals surface area (Å²) in [5.41, 5.74) is 3.66. The highest BCUT2D eigenvalue weighted by Crippen LogP contribution is 2.36. The maximum atomic E-state index is 10.1. The first-order valence-electron chi connectivity index (χ1n) is 11.8. The highest BCUT2D eigenvalue weighted by Gasteiger charge is 2.40. The molecule has 2 aromatic rings. The van der Waals surface area contributed by atoms with E-state index in [1.54, 1.807) is 0 Å². The van der Waals surface area contributed by atoms with Crippen molar-refractivity contribution >= 4 is 11.0 Å². The Kier molecular flexibility index (Phi) is 6.46. The zero-order valence-electron chi connectivity index (χ0n) is 19.6. The van der Waals surface area contributed by atoms with E-state index in [-0.39, 0.29) is 18.1 Å². The van der Waals surface area contributed by atoms with E-state index in [1.807, 2.05) is 0 Å². The average molecular weight is 430 g/mol. The lowest BCUT2D eigenvalue weighted by Crippen LogP contribution is -2.52. The standard InChI is InChI=1S/C25H39N3O3/c1-15(2)28(13-22-24(30)21(29)14-31-22)18-10-16(11-18)6-9-23-26-19-8-7-17(25(3,4)5)12-20(19)27-23/h7-8,12,15-16,18,21-22,24,29-30H,6,9-11,13-14H2,1-5H3,(H,26,27). The van der Waals surface area contributed by atoms with Crippen LogP contribution >= 0.6 is 0 Å². The fourth-order valence-corrected chi connectivity index (χ4v) is 5.01. The predicted molar refractivity (Wildman–Crippen MR) is 123 cm³/mol. The number of aryl methyl sites for hydroxylation is 1. The number of imidazole rings is 1. The molecule has 0 spiro atoms. The monoisotopic (exact) mass is 429 g/mol. The Labute approximate surface area is 186 Å². The van der Waals surface area contributed by atoms with E-state index in [4.69, 9.17) is 9.72 Å². The number of aromatic nitrogens is 2. The smallest absolute Gasteiger partial charge is 0.109 e. The Morgan fingerprint density at radius 2 is 1.97 bits per heavy atom. The molecule has 172 valence electrons. The lowest BCUT2D eigenvalue weighted by Gasteiger charge is -2.46. The van der Waals surface area contributed by atoms with Gasteiger partial charge in [-0.1, -0.05) is 26.8 Å². The van der Waals surface area contributed by atoms with Crippen molar-refractivity contribution in [3.63, 3.8) is 0 Å². The first-order valence-corrected chi connectivity index (χ1v) is 11.8. The largest absolute Gasteiger partial charge is 0.388 e. The third kappa shape index (κ3) is 4.98. The number of rotatable bonds is 7. The van der Waals surface area contributed by atoms with Crippen molar-refractivity contribution in [2.45, 2.75) is 96.1 Å². The van der Waals surface area contributed by atoms with Gasteiger partial charge < -0.3 is 19.9 Å². The molecule has 1 aliphatic carbocycles. The van der Waals surface area contributed by atoms with Gasteiger partial charge in [-0.05, 0) is 62.1 Å². The van der Waals surface area contributed by atoms with Crippen LogP contribution in [0.15, 0.2) is 18.2 Å². The SMILES string of the molecule is CC(C)N(CC1OCC(O)C1O)C1CC(CCc2nc3ccc(C(C)(C)C)cc3[nH]2)C1. The first kappa shape index (κ1) is 22.7. The summed E-state index contributed by atoms with van der Waals surface area (Å²) in [6.07, 6.45) is 2.67. The third-order valence-electron chi connectivity index (χ3n) is 7.18. The van der Waals surface area contributed by atoms with E-state index in [0.29, 0.717) is 24.5 Å². The van der Waals surface area contributed by atoms with Gasteiger partial charge in [0, 0.05) is 25.0 Å². The van der Waals surface area contributed by atoms with Gasteiger partial charge in [0.1, 0.15) is 18.0 Å². The molecule has 2 heterocycles. The molecule has 1 aromatic carbocycles. The molecule has 6 nitrogen and oxygen atoms in total. The van der Waals surface area contributed by atoms with Crippen molar-refractivity contribution in [2.75, 3.05) is 13.2 Å². The number of aromatic amines is 1. The van der Waals surface area contributed by atoms with E-state index < -0.39 is 12.2 Å². The lowest BCUT2D eigenvalue weighted by molar-refractivity contribution is -0.0313. The quantitative estimate of drug-likeness (QED) is 0.628. The number of aliphatic hydroxyl groups excluding tert-OH is 2. The predicted octanol–water partition coefficient (Wildman–Crippen LogP) is 3.40. The van der Waals surface area contributed by atoms with Gasteiger partial charge in [-0.3, -0.25) is 4.90 Å². The molecule has 0 radical (unpaired) electrons. The van der Waals surface area contributed by atoms with E-state index >= 15 is 0 Å². The Bertz CT molecular complexity index is 882. The molecule has 1 aliphatic heterocycles. The number of hydrogen-bond donors (Lipinski definition) is 3. The second kappa shape index (κ2) is 8.81. The van der Waals surface area contributed by atoms with Crippen molar-refractivity contribution in [1.82, 2.24) is 14.9 Å². The maximum Gasteiger partial charge on any atom is 0.109 e. The number of H-pyrrole nitrogens is 1. The Morgan fingerprint density at radius 3 is 2.58 bits per heavy atom. The highest BCUT2D eigenvalue weighted by atomic mass is 16.5. The van der Waals surface area contributed by atoms with Gasteiger partial charge in [0.15, 0.2) is 0 Å².